The van der Waals surface area contributed by atoms with Crippen molar-refractivity contribution in [2.75, 3.05) is 6.54 Å². The molecule has 1 aromatic carbocycles. The highest BCUT2D eigenvalue weighted by molar-refractivity contribution is 5.88. The van der Waals surface area contributed by atoms with Crippen LogP contribution in [0, 0.1) is 0 Å². The van der Waals surface area contributed by atoms with Crippen LogP contribution in [-0.4, -0.2) is 34.5 Å². The number of rotatable bonds is 4. The van der Waals surface area contributed by atoms with Crippen LogP contribution < -0.4 is 5.73 Å². The Balaban J connectivity index is 2.15. The van der Waals surface area contributed by atoms with Crippen molar-refractivity contribution in [2.45, 2.75) is 38.8 Å². The Morgan fingerprint density at radius 2 is 2.15 bits per heavy atom. The van der Waals surface area contributed by atoms with E-state index in [2.05, 4.69) is 0 Å². The smallest absolute Gasteiger partial charge is 0.335 e. The Morgan fingerprint density at radius 1 is 1.40 bits per heavy atom. The first-order valence-electron chi connectivity index (χ1n) is 6.92. The van der Waals surface area contributed by atoms with Gasteiger partial charge in [0.05, 0.1) is 11.6 Å². The number of hydrogen-bond donors (Lipinski definition) is 2. The van der Waals surface area contributed by atoms with E-state index in [-0.39, 0.29) is 11.5 Å². The lowest BCUT2D eigenvalue weighted by atomic mass is 9.96. The van der Waals surface area contributed by atoms with Crippen LogP contribution in [0.1, 0.15) is 41.3 Å². The molecule has 0 saturated carbocycles. The fourth-order valence-corrected chi connectivity index (χ4v) is 2.55. The summed E-state index contributed by atoms with van der Waals surface area (Å²) in [4.78, 5) is 24.9. The van der Waals surface area contributed by atoms with E-state index in [4.69, 9.17) is 10.8 Å². The predicted molar refractivity (Wildman–Crippen MR) is 75.4 cm³/mol. The first kappa shape index (κ1) is 14.5. The molecule has 108 valence electrons. The third-order valence-electron chi connectivity index (χ3n) is 3.69. The van der Waals surface area contributed by atoms with Crippen molar-refractivity contribution in [1.29, 1.82) is 0 Å². The lowest BCUT2D eigenvalue weighted by Gasteiger charge is -2.31. The lowest BCUT2D eigenvalue weighted by molar-refractivity contribution is -0.133. The first-order chi connectivity index (χ1) is 9.52. The minimum atomic E-state index is -0.945. The van der Waals surface area contributed by atoms with Gasteiger partial charge in [0.1, 0.15) is 0 Å². The Labute approximate surface area is 118 Å². The molecular formula is C15H20N2O3. The van der Waals surface area contributed by atoms with Crippen LogP contribution in [0.4, 0.5) is 0 Å². The minimum Gasteiger partial charge on any atom is -0.478 e. The number of nitrogens with two attached hydrogens (primary N) is 1. The van der Waals surface area contributed by atoms with Gasteiger partial charge >= 0.3 is 5.97 Å². The second-order valence-electron chi connectivity index (χ2n) is 5.19. The van der Waals surface area contributed by atoms with E-state index in [1.54, 1.807) is 17.0 Å². The van der Waals surface area contributed by atoms with Gasteiger partial charge in [-0.2, -0.15) is 0 Å². The minimum absolute atomic E-state index is 0.0433. The van der Waals surface area contributed by atoms with Crippen LogP contribution in [0.2, 0.25) is 0 Å². The van der Waals surface area contributed by atoms with Crippen LogP contribution in [-0.2, 0) is 17.8 Å². The number of carboxylic acids is 1. The molecule has 1 atom stereocenters. The standard InChI is InChI=1S/C15H20N2O3/c1-2-3-13(16)14(18)17-7-6-10-4-5-11(15(19)20)8-12(10)9-17/h4-5,8,13H,2-3,6-7,9,16H2,1H3,(H,19,20)/t13-/m0/s1. The molecule has 1 aliphatic rings. The van der Waals surface area contributed by atoms with E-state index in [0.29, 0.717) is 19.5 Å². The normalized spacial score (nSPS) is 15.6. The number of carbonyl (C=O) groups is 2. The van der Waals surface area contributed by atoms with E-state index >= 15 is 0 Å². The number of fused-ring (bicyclic) bond motifs is 1. The van der Waals surface area contributed by atoms with Gasteiger partial charge in [-0.3, -0.25) is 4.79 Å². The van der Waals surface area contributed by atoms with E-state index in [0.717, 1.165) is 24.0 Å². The molecule has 0 aromatic heterocycles. The van der Waals surface area contributed by atoms with Crippen molar-refractivity contribution in [3.63, 3.8) is 0 Å². The number of hydrogen-bond acceptors (Lipinski definition) is 3. The molecule has 1 aliphatic heterocycles. The van der Waals surface area contributed by atoms with Gasteiger partial charge in [-0.1, -0.05) is 19.4 Å². The fraction of sp³-hybridized carbons (Fsp3) is 0.467. The van der Waals surface area contributed by atoms with Crippen LogP contribution in [0.15, 0.2) is 18.2 Å². The van der Waals surface area contributed by atoms with Gasteiger partial charge in [0.2, 0.25) is 5.91 Å². The summed E-state index contributed by atoms with van der Waals surface area (Å²) in [6.45, 7) is 3.10. The quantitative estimate of drug-likeness (QED) is 0.870. The predicted octanol–water partition coefficient (Wildman–Crippen LogP) is 1.40. The number of aromatic carboxylic acids is 1. The summed E-state index contributed by atoms with van der Waals surface area (Å²) in [5.74, 6) is -0.989. The molecule has 5 heteroatoms. The molecule has 1 heterocycles. The van der Waals surface area contributed by atoms with Crippen LogP contribution >= 0.6 is 0 Å². The topological polar surface area (TPSA) is 83.6 Å². The molecule has 5 nitrogen and oxygen atoms in total. The second kappa shape index (κ2) is 6.05. The number of benzene rings is 1. The van der Waals surface area contributed by atoms with Crippen molar-refractivity contribution in [1.82, 2.24) is 4.90 Å². The highest BCUT2D eigenvalue weighted by Gasteiger charge is 2.25. The average Bonchev–Trinajstić information content (AvgIpc) is 2.45. The fourth-order valence-electron chi connectivity index (χ4n) is 2.55. The van der Waals surface area contributed by atoms with E-state index in [1.807, 2.05) is 13.0 Å². The number of carbonyl (C=O) groups excluding carboxylic acids is 1. The summed E-state index contributed by atoms with van der Waals surface area (Å²) in [6, 6.07) is 4.65. The second-order valence-corrected chi connectivity index (χ2v) is 5.19. The van der Waals surface area contributed by atoms with Gasteiger partial charge in [-0.25, -0.2) is 4.79 Å². The molecule has 0 saturated heterocycles. The summed E-state index contributed by atoms with van der Waals surface area (Å²) < 4.78 is 0. The lowest BCUT2D eigenvalue weighted by Crippen LogP contribution is -2.45. The molecule has 0 fully saturated rings. The van der Waals surface area contributed by atoms with Crippen molar-refractivity contribution >= 4 is 11.9 Å². The average molecular weight is 276 g/mol. The highest BCUT2D eigenvalue weighted by atomic mass is 16.4. The third-order valence-corrected chi connectivity index (χ3v) is 3.69. The van der Waals surface area contributed by atoms with Crippen molar-refractivity contribution in [3.8, 4) is 0 Å². The zero-order valence-corrected chi connectivity index (χ0v) is 11.6. The van der Waals surface area contributed by atoms with Gasteiger partial charge in [-0.05, 0) is 36.1 Å². The summed E-state index contributed by atoms with van der Waals surface area (Å²) in [6.07, 6.45) is 2.30. The Kier molecular flexibility index (Phi) is 4.39. The molecule has 0 radical (unpaired) electrons. The SMILES string of the molecule is CCC[C@H](N)C(=O)N1CCc2ccc(C(=O)O)cc2C1. The molecular weight excluding hydrogens is 256 g/mol. The first-order valence-corrected chi connectivity index (χ1v) is 6.92. The molecule has 0 bridgehead atoms. The summed E-state index contributed by atoms with van der Waals surface area (Å²) >= 11 is 0. The Bertz CT molecular complexity index is 528. The molecule has 0 unspecified atom stereocenters. The maximum Gasteiger partial charge on any atom is 0.335 e. The van der Waals surface area contributed by atoms with Gasteiger partial charge in [0.15, 0.2) is 0 Å². The molecule has 0 spiro atoms. The summed E-state index contributed by atoms with van der Waals surface area (Å²) in [7, 11) is 0. The maximum absolute atomic E-state index is 12.2. The van der Waals surface area contributed by atoms with Gasteiger partial charge in [0, 0.05) is 13.1 Å². The Hall–Kier alpha value is -1.88. The molecule has 1 aromatic rings. The monoisotopic (exact) mass is 276 g/mol. The maximum atomic E-state index is 12.2. The van der Waals surface area contributed by atoms with Crippen LogP contribution in [0.5, 0.6) is 0 Å². The highest BCUT2D eigenvalue weighted by Crippen LogP contribution is 2.21. The zero-order chi connectivity index (χ0) is 14.7. The van der Waals surface area contributed by atoms with Crippen LogP contribution in [0.25, 0.3) is 0 Å². The zero-order valence-electron chi connectivity index (χ0n) is 11.6. The number of nitrogens with zero attached hydrogens (tertiary/aromatic N) is 1. The molecule has 20 heavy (non-hydrogen) atoms. The van der Waals surface area contributed by atoms with E-state index in [1.165, 1.54) is 0 Å². The van der Waals surface area contributed by atoms with Crippen LogP contribution in [0.3, 0.4) is 0 Å². The number of amides is 1. The van der Waals surface area contributed by atoms with Gasteiger partial charge in [-0.15, -0.1) is 0 Å². The third kappa shape index (κ3) is 2.99. The molecule has 3 N–H and O–H groups in total. The van der Waals surface area contributed by atoms with E-state index < -0.39 is 12.0 Å². The van der Waals surface area contributed by atoms with Crippen molar-refractivity contribution in [3.05, 3.63) is 34.9 Å². The summed E-state index contributed by atoms with van der Waals surface area (Å²) in [5, 5.41) is 9.02. The van der Waals surface area contributed by atoms with E-state index in [9.17, 15) is 9.59 Å². The Morgan fingerprint density at radius 3 is 2.80 bits per heavy atom. The van der Waals surface area contributed by atoms with Crippen molar-refractivity contribution in [2.24, 2.45) is 5.73 Å². The molecule has 2 rings (SSSR count). The summed E-state index contributed by atoms with van der Waals surface area (Å²) in [5.41, 5.74) is 8.16. The van der Waals surface area contributed by atoms with Gasteiger partial charge in [0.25, 0.3) is 0 Å². The van der Waals surface area contributed by atoms with Gasteiger partial charge < -0.3 is 15.7 Å². The molecule has 1 amide bonds. The largest absolute Gasteiger partial charge is 0.478 e. The molecule has 0 aliphatic carbocycles. The number of carboxylic acid groups (broad SMARTS) is 1. The van der Waals surface area contributed by atoms with Crippen molar-refractivity contribution < 1.29 is 14.7 Å².